The molecule has 2 aliphatic carbocycles. The second-order valence-electron chi connectivity index (χ2n) is 15.5. The summed E-state index contributed by atoms with van der Waals surface area (Å²) < 4.78 is 8.10. The van der Waals surface area contributed by atoms with Crippen LogP contribution in [0.4, 0.5) is 5.82 Å². The van der Waals surface area contributed by atoms with E-state index in [4.69, 9.17) is 21.4 Å². The van der Waals surface area contributed by atoms with Crippen LogP contribution < -0.4 is 9.64 Å². The number of ether oxygens (including phenoxy) is 1. The molecule has 4 aliphatic rings. The van der Waals surface area contributed by atoms with Crippen LogP contribution in [0.3, 0.4) is 0 Å². The van der Waals surface area contributed by atoms with Gasteiger partial charge in [0.25, 0.3) is 0 Å². The summed E-state index contributed by atoms with van der Waals surface area (Å²) in [5.41, 5.74) is 0.811. The average Bonchev–Trinajstić information content (AvgIpc) is 3.75. The van der Waals surface area contributed by atoms with Gasteiger partial charge in [0.2, 0.25) is 23.6 Å². The lowest BCUT2D eigenvalue weighted by atomic mass is 9.51. The van der Waals surface area contributed by atoms with Gasteiger partial charge in [-0.2, -0.15) is 5.10 Å². The van der Waals surface area contributed by atoms with E-state index in [1.165, 1.54) is 16.9 Å². The van der Waals surface area contributed by atoms with E-state index in [9.17, 15) is 19.5 Å². The normalized spacial score (nSPS) is 27.6. The highest BCUT2D eigenvalue weighted by molar-refractivity contribution is 7.22. The maximum Gasteiger partial charge on any atom is 0.242 e. The molecule has 4 aromatic rings. The van der Waals surface area contributed by atoms with Gasteiger partial charge in [0.05, 0.1) is 35.2 Å². The average molecular weight is 727 g/mol. The molecule has 2 aliphatic heterocycles. The van der Waals surface area contributed by atoms with Crippen molar-refractivity contribution in [2.75, 3.05) is 12.0 Å². The van der Waals surface area contributed by atoms with Crippen molar-refractivity contribution in [3.05, 3.63) is 70.3 Å². The van der Waals surface area contributed by atoms with Crippen LogP contribution in [0.25, 0.3) is 20.7 Å². The molecule has 4 amide bonds. The van der Waals surface area contributed by atoms with Gasteiger partial charge in [-0.3, -0.25) is 28.8 Å². The monoisotopic (exact) mass is 726 g/mol. The number of phenols is 1. The summed E-state index contributed by atoms with van der Waals surface area (Å²) in [6.45, 7) is 9.34. The molecule has 0 bridgehead atoms. The van der Waals surface area contributed by atoms with Crippen LogP contribution in [0.2, 0.25) is 5.02 Å². The fourth-order valence-electron chi connectivity index (χ4n) is 9.39. The number of carbonyl (C=O) groups excluding carboxylic acids is 4. The minimum atomic E-state index is -1.33. The zero-order chi connectivity index (χ0) is 36.5. The number of benzene rings is 2. The number of carbonyl (C=O) groups is 4. The number of hydrogen-bond acceptors (Lipinski definition) is 8. The van der Waals surface area contributed by atoms with Crippen molar-refractivity contribution >= 4 is 62.5 Å². The lowest BCUT2D eigenvalue weighted by Gasteiger charge is -2.49. The van der Waals surface area contributed by atoms with E-state index in [1.54, 1.807) is 54.3 Å². The molecule has 1 saturated carbocycles. The van der Waals surface area contributed by atoms with Gasteiger partial charge in [0, 0.05) is 39.9 Å². The Kier molecular flexibility index (Phi) is 7.43. The highest BCUT2D eigenvalue weighted by Crippen LogP contribution is 2.65. The predicted octanol–water partition coefficient (Wildman–Crippen LogP) is 7.01. The number of nitrogens with zero attached hydrogens (tertiary/aromatic N) is 4. The number of aryl methyl sites for hydroxylation is 2. The first-order valence-corrected chi connectivity index (χ1v) is 18.3. The number of amides is 4. The summed E-state index contributed by atoms with van der Waals surface area (Å²) in [5, 5.41) is 18.0. The van der Waals surface area contributed by atoms with Crippen molar-refractivity contribution in [3.63, 3.8) is 0 Å². The van der Waals surface area contributed by atoms with Crippen LogP contribution >= 0.6 is 22.9 Å². The van der Waals surface area contributed by atoms with E-state index >= 15 is 4.79 Å². The standard InChI is InChI=1S/C39H39ClN4O6S/c1-18-23-15-19(40)11-14-28(23)51-33(18)26-17-29(42(6)41-26)43-35(47)25-16-24-20(12-13-21-30(24)36(48)44(34(21)46)38(2,3)4)31(39(25,5)37(43)49)22-9-8-10-27(50-7)32(22)45/h8-12,14-15,17,21,24-25,30-31,45H,13,16H2,1-7H3. The number of imide groups is 2. The SMILES string of the molecule is COc1cccc(C2C3=CCC4C(=O)N(C(C)(C)C)C(=O)C4C3CC3C(=O)N(c4cc(-c5sc6ccc(Cl)cc6c5C)nn4C)C(=O)C32C)c1O. The molecule has 10 nitrogen and oxygen atoms in total. The Labute approximate surface area is 304 Å². The van der Waals surface area contributed by atoms with Gasteiger partial charge in [-0.15, -0.1) is 11.3 Å². The van der Waals surface area contributed by atoms with Gasteiger partial charge in [-0.1, -0.05) is 35.4 Å². The predicted molar refractivity (Wildman–Crippen MR) is 195 cm³/mol. The molecule has 2 aromatic carbocycles. The summed E-state index contributed by atoms with van der Waals surface area (Å²) in [6.07, 6.45) is 2.52. The topological polar surface area (TPSA) is 122 Å². The number of hydrogen-bond donors (Lipinski definition) is 1. The Balaban J connectivity index is 1.27. The number of phenolic OH excluding ortho intramolecular Hbond substituents is 1. The van der Waals surface area contributed by atoms with Crippen LogP contribution in [0.15, 0.2) is 54.1 Å². The maximum absolute atomic E-state index is 15.0. The first kappa shape index (κ1) is 33.7. The molecule has 0 radical (unpaired) electrons. The molecular weight excluding hydrogens is 688 g/mol. The molecule has 6 atom stereocenters. The molecule has 8 rings (SSSR count). The minimum Gasteiger partial charge on any atom is -0.504 e. The van der Waals surface area contributed by atoms with Crippen LogP contribution in [0.5, 0.6) is 11.5 Å². The molecule has 51 heavy (non-hydrogen) atoms. The van der Waals surface area contributed by atoms with Crippen molar-refractivity contribution in [2.24, 2.45) is 36.1 Å². The fraction of sp³-hybridized carbons (Fsp3) is 0.410. The van der Waals surface area contributed by atoms with Gasteiger partial charge in [0.1, 0.15) is 11.5 Å². The number of thiophene rings is 1. The highest BCUT2D eigenvalue weighted by Gasteiger charge is 2.68. The molecule has 0 spiro atoms. The third-order valence-corrected chi connectivity index (χ3v) is 13.3. The second-order valence-corrected chi connectivity index (χ2v) is 16.9. The highest BCUT2D eigenvalue weighted by atomic mass is 35.5. The van der Waals surface area contributed by atoms with Gasteiger partial charge in [-0.05, 0) is 88.6 Å². The van der Waals surface area contributed by atoms with Crippen molar-refractivity contribution in [2.45, 2.75) is 58.9 Å². The molecule has 4 heterocycles. The first-order valence-electron chi connectivity index (χ1n) is 17.1. The molecule has 2 saturated heterocycles. The van der Waals surface area contributed by atoms with E-state index < -0.39 is 52.4 Å². The second kappa shape index (κ2) is 11.3. The Bertz CT molecular complexity index is 2250. The van der Waals surface area contributed by atoms with Crippen molar-refractivity contribution in [1.29, 1.82) is 0 Å². The van der Waals surface area contributed by atoms with Gasteiger partial charge in [-0.25, -0.2) is 4.90 Å². The lowest BCUT2D eigenvalue weighted by Crippen LogP contribution is -2.49. The summed E-state index contributed by atoms with van der Waals surface area (Å²) in [4.78, 5) is 61.3. The van der Waals surface area contributed by atoms with Crippen LogP contribution in [-0.4, -0.2) is 56.1 Å². The van der Waals surface area contributed by atoms with Crippen LogP contribution in [0, 0.1) is 36.0 Å². The van der Waals surface area contributed by atoms with Crippen molar-refractivity contribution in [3.8, 4) is 22.1 Å². The minimum absolute atomic E-state index is 0.124. The molecule has 2 aromatic heterocycles. The smallest absolute Gasteiger partial charge is 0.242 e. The number of likely N-dealkylation sites (tertiary alicyclic amines) is 1. The number of aromatic hydroxyl groups is 1. The summed E-state index contributed by atoms with van der Waals surface area (Å²) in [5.74, 6) is -4.17. The van der Waals surface area contributed by atoms with Crippen LogP contribution in [0.1, 0.15) is 57.6 Å². The molecule has 3 fully saturated rings. The quantitative estimate of drug-likeness (QED) is 0.177. The number of anilines is 1. The number of para-hydroxylation sites is 1. The summed E-state index contributed by atoms with van der Waals surface area (Å²) >= 11 is 7.87. The van der Waals surface area contributed by atoms with Crippen molar-refractivity contribution in [1.82, 2.24) is 14.7 Å². The largest absolute Gasteiger partial charge is 0.504 e. The molecule has 6 unspecified atom stereocenters. The van der Waals surface area contributed by atoms with Crippen LogP contribution in [-0.2, 0) is 26.2 Å². The molecular formula is C39H39ClN4O6S. The Morgan fingerprint density at radius 2 is 1.78 bits per heavy atom. The van der Waals surface area contributed by atoms with E-state index in [0.717, 1.165) is 26.1 Å². The third kappa shape index (κ3) is 4.56. The van der Waals surface area contributed by atoms with E-state index in [-0.39, 0.29) is 29.7 Å². The lowest BCUT2D eigenvalue weighted by molar-refractivity contribution is -0.145. The van der Waals surface area contributed by atoms with E-state index in [2.05, 4.69) is 0 Å². The first-order chi connectivity index (χ1) is 24.1. The number of allylic oxidation sites excluding steroid dienone is 2. The summed E-state index contributed by atoms with van der Waals surface area (Å²) in [7, 11) is 3.17. The Morgan fingerprint density at radius 1 is 1.04 bits per heavy atom. The Morgan fingerprint density at radius 3 is 2.49 bits per heavy atom. The maximum atomic E-state index is 15.0. The van der Waals surface area contributed by atoms with Gasteiger partial charge >= 0.3 is 0 Å². The van der Waals surface area contributed by atoms with E-state index in [1.807, 2.05) is 52.0 Å². The number of rotatable bonds is 4. The van der Waals surface area contributed by atoms with Crippen molar-refractivity contribution < 1.29 is 29.0 Å². The molecule has 264 valence electrons. The number of methoxy groups -OCH3 is 1. The zero-order valence-electron chi connectivity index (χ0n) is 29.5. The van der Waals surface area contributed by atoms with E-state index in [0.29, 0.717) is 28.5 Å². The number of aromatic nitrogens is 2. The Hall–Kier alpha value is -4.48. The van der Waals surface area contributed by atoms with Gasteiger partial charge < -0.3 is 9.84 Å². The number of halogens is 1. The molecule has 1 N–H and O–H groups in total. The number of fused-ring (bicyclic) bond motifs is 5. The zero-order valence-corrected chi connectivity index (χ0v) is 31.1. The van der Waals surface area contributed by atoms with Gasteiger partial charge in [0.15, 0.2) is 11.5 Å². The third-order valence-electron chi connectivity index (χ3n) is 11.7. The molecule has 12 heteroatoms. The fourth-order valence-corrected chi connectivity index (χ4v) is 10.7. The summed E-state index contributed by atoms with van der Waals surface area (Å²) in [6, 6.07) is 12.7.